The van der Waals surface area contributed by atoms with Crippen molar-refractivity contribution in [3.63, 3.8) is 0 Å². The second-order valence-electron chi connectivity index (χ2n) is 12.7. The molecule has 6 fully saturated rings. The Kier molecular flexibility index (Phi) is 5.30. The number of aliphatic hydroxyl groups excluding tert-OH is 1. The van der Waals surface area contributed by atoms with Gasteiger partial charge in [-0.1, -0.05) is 20.8 Å². The minimum atomic E-state index is -0.129. The summed E-state index contributed by atoms with van der Waals surface area (Å²) in [6.07, 6.45) is 12.8. The van der Waals surface area contributed by atoms with Crippen LogP contribution in [0.5, 0.6) is 0 Å². The van der Waals surface area contributed by atoms with Crippen LogP contribution in [0.3, 0.4) is 0 Å². The van der Waals surface area contributed by atoms with Crippen molar-refractivity contribution in [1.82, 2.24) is 0 Å². The van der Waals surface area contributed by atoms with E-state index in [0.717, 1.165) is 43.8 Å². The third kappa shape index (κ3) is 3.29. The number of rotatable bonds is 3. The van der Waals surface area contributed by atoms with Gasteiger partial charge in [0.25, 0.3) is 0 Å². The molecule has 4 heteroatoms. The number of aliphatic hydroxyl groups is 1. The highest BCUT2D eigenvalue weighted by atomic mass is 16.7. The number of hydrogen-bond donors (Lipinski definition) is 1. The van der Waals surface area contributed by atoms with Gasteiger partial charge in [-0.25, -0.2) is 0 Å². The largest absolute Gasteiger partial charge is 0.393 e. The van der Waals surface area contributed by atoms with Gasteiger partial charge in [-0.05, 0) is 111 Å². The van der Waals surface area contributed by atoms with Gasteiger partial charge < -0.3 is 19.3 Å². The summed E-state index contributed by atoms with van der Waals surface area (Å²) >= 11 is 0. The Morgan fingerprint density at radius 3 is 2.52 bits per heavy atom. The second kappa shape index (κ2) is 7.68. The molecule has 0 aromatic carbocycles. The van der Waals surface area contributed by atoms with Crippen LogP contribution in [0.25, 0.3) is 0 Å². The van der Waals surface area contributed by atoms with E-state index < -0.39 is 0 Å². The molecule has 2 aliphatic heterocycles. The monoisotopic (exact) mass is 432 g/mol. The predicted octanol–water partition coefficient (Wildman–Crippen LogP) is 5.17. The molecule has 0 radical (unpaired) electrons. The molecule has 4 aliphatic carbocycles. The van der Waals surface area contributed by atoms with Gasteiger partial charge in [-0.3, -0.25) is 0 Å². The van der Waals surface area contributed by atoms with Crippen molar-refractivity contribution >= 4 is 0 Å². The quantitative estimate of drug-likeness (QED) is 0.494. The Hall–Kier alpha value is -0.160. The molecule has 2 saturated heterocycles. The van der Waals surface area contributed by atoms with Crippen LogP contribution in [0.4, 0.5) is 0 Å². The lowest BCUT2D eigenvalue weighted by Gasteiger charge is -2.63. The number of fused-ring (bicyclic) bond motifs is 5. The van der Waals surface area contributed by atoms with E-state index in [0.29, 0.717) is 35.4 Å². The van der Waals surface area contributed by atoms with Crippen LogP contribution in [0, 0.1) is 46.3 Å². The summed E-state index contributed by atoms with van der Waals surface area (Å²) in [6.45, 7) is 9.37. The maximum atomic E-state index is 11.1. The van der Waals surface area contributed by atoms with E-state index >= 15 is 0 Å². The molecule has 12 atom stereocenters. The Balaban J connectivity index is 1.22. The molecule has 6 aliphatic rings. The fourth-order valence-corrected chi connectivity index (χ4v) is 9.65. The third-order valence-electron chi connectivity index (χ3n) is 11.5. The van der Waals surface area contributed by atoms with Crippen LogP contribution in [-0.4, -0.2) is 42.9 Å². The maximum absolute atomic E-state index is 11.1. The topological polar surface area (TPSA) is 51.2 Å². The molecule has 0 spiro atoms. The van der Waals surface area contributed by atoms with Gasteiger partial charge in [-0.2, -0.15) is 0 Å². The SMILES string of the molecule is C[C@H]1C[C@@H](OC2CCCCO2)C[C@@H]2CC[C@H]3[C@@H]4[C@@H]([C@H]5CO5)C[C@H](O)[C@@]4(C)CC[C@@H]3[C@]21C. The highest BCUT2D eigenvalue weighted by Gasteiger charge is 2.65. The molecule has 0 bridgehead atoms. The average Bonchev–Trinajstić information content (AvgIpc) is 3.55. The number of ether oxygens (including phenoxy) is 3. The molecule has 1 unspecified atom stereocenters. The van der Waals surface area contributed by atoms with Crippen LogP contribution >= 0.6 is 0 Å². The zero-order chi connectivity index (χ0) is 21.4. The summed E-state index contributed by atoms with van der Waals surface area (Å²) in [5.74, 6) is 4.29. The first-order valence-electron chi connectivity index (χ1n) is 13.5. The van der Waals surface area contributed by atoms with E-state index in [1.54, 1.807) is 0 Å². The highest BCUT2D eigenvalue weighted by molar-refractivity contribution is 5.14. The summed E-state index contributed by atoms with van der Waals surface area (Å²) < 4.78 is 18.2. The highest BCUT2D eigenvalue weighted by Crippen LogP contribution is 2.69. The maximum Gasteiger partial charge on any atom is 0.157 e. The first-order valence-corrected chi connectivity index (χ1v) is 13.5. The van der Waals surface area contributed by atoms with Crippen LogP contribution in [0.2, 0.25) is 0 Å². The van der Waals surface area contributed by atoms with Crippen LogP contribution in [0.15, 0.2) is 0 Å². The van der Waals surface area contributed by atoms with Crippen molar-refractivity contribution in [2.45, 2.75) is 110 Å². The molecule has 176 valence electrons. The van der Waals surface area contributed by atoms with E-state index in [9.17, 15) is 5.11 Å². The zero-order valence-electron chi connectivity index (χ0n) is 19.9. The van der Waals surface area contributed by atoms with Crippen molar-refractivity contribution in [3.8, 4) is 0 Å². The van der Waals surface area contributed by atoms with Gasteiger partial charge in [-0.15, -0.1) is 0 Å². The first-order chi connectivity index (χ1) is 14.9. The molecular formula is C27H44O4. The predicted molar refractivity (Wildman–Crippen MR) is 119 cm³/mol. The summed E-state index contributed by atoms with van der Waals surface area (Å²) in [5, 5.41) is 11.1. The fraction of sp³-hybridized carbons (Fsp3) is 1.00. The van der Waals surface area contributed by atoms with Crippen molar-refractivity contribution < 1.29 is 19.3 Å². The molecule has 1 N–H and O–H groups in total. The van der Waals surface area contributed by atoms with Gasteiger partial charge in [0.1, 0.15) is 0 Å². The van der Waals surface area contributed by atoms with Gasteiger partial charge >= 0.3 is 0 Å². The molecule has 0 aromatic rings. The van der Waals surface area contributed by atoms with Crippen molar-refractivity contribution in [2.75, 3.05) is 13.2 Å². The fourth-order valence-electron chi connectivity index (χ4n) is 9.65. The van der Waals surface area contributed by atoms with Crippen LogP contribution in [0.1, 0.15) is 85.0 Å². The van der Waals surface area contributed by atoms with E-state index in [-0.39, 0.29) is 17.8 Å². The summed E-state index contributed by atoms with van der Waals surface area (Å²) in [7, 11) is 0. The molecule has 31 heavy (non-hydrogen) atoms. The number of hydrogen-bond acceptors (Lipinski definition) is 4. The van der Waals surface area contributed by atoms with Gasteiger partial charge in [0.05, 0.1) is 24.9 Å². The molecular weight excluding hydrogens is 388 g/mol. The van der Waals surface area contributed by atoms with E-state index in [4.69, 9.17) is 14.2 Å². The lowest BCUT2D eigenvalue weighted by atomic mass is 9.42. The normalized spacial score (nSPS) is 58.8. The second-order valence-corrected chi connectivity index (χ2v) is 12.7. The first kappa shape index (κ1) is 21.4. The van der Waals surface area contributed by atoms with Crippen LogP contribution in [-0.2, 0) is 14.2 Å². The van der Waals surface area contributed by atoms with E-state index in [1.165, 1.54) is 51.4 Å². The van der Waals surface area contributed by atoms with E-state index in [2.05, 4.69) is 20.8 Å². The molecule has 0 aromatic heterocycles. The summed E-state index contributed by atoms with van der Waals surface area (Å²) in [6, 6.07) is 0. The van der Waals surface area contributed by atoms with Crippen molar-refractivity contribution in [3.05, 3.63) is 0 Å². The van der Waals surface area contributed by atoms with Crippen molar-refractivity contribution in [2.24, 2.45) is 46.3 Å². The Morgan fingerprint density at radius 1 is 0.935 bits per heavy atom. The van der Waals surface area contributed by atoms with Crippen LogP contribution < -0.4 is 0 Å². The number of epoxide rings is 1. The lowest BCUT2D eigenvalue weighted by molar-refractivity contribution is -0.223. The molecule has 2 heterocycles. The molecule has 6 rings (SSSR count). The Labute approximate surface area is 188 Å². The van der Waals surface area contributed by atoms with Crippen molar-refractivity contribution in [1.29, 1.82) is 0 Å². The van der Waals surface area contributed by atoms with Gasteiger partial charge in [0.2, 0.25) is 0 Å². The average molecular weight is 433 g/mol. The van der Waals surface area contributed by atoms with Gasteiger partial charge in [0, 0.05) is 6.61 Å². The summed E-state index contributed by atoms with van der Waals surface area (Å²) in [5.41, 5.74) is 0.531. The minimum Gasteiger partial charge on any atom is -0.393 e. The smallest absolute Gasteiger partial charge is 0.157 e. The molecule has 4 nitrogen and oxygen atoms in total. The summed E-state index contributed by atoms with van der Waals surface area (Å²) in [4.78, 5) is 0. The molecule has 4 saturated carbocycles. The zero-order valence-corrected chi connectivity index (χ0v) is 19.9. The Bertz CT molecular complexity index is 672. The standard InChI is InChI=1S/C27H44O4/c1-16-12-18(31-24-6-4-5-11-29-24)13-17-7-8-19-21(27(16,17)3)9-10-26(2)23(28)14-20(25(19)26)22-15-30-22/h16-25,28H,4-15H2,1-3H3/t16-,17-,18+,19+,20+,21-,22+,23-,24?,25+,26+,27-/m0/s1. The molecule has 0 amide bonds. The van der Waals surface area contributed by atoms with E-state index in [1.807, 2.05) is 0 Å². The van der Waals surface area contributed by atoms with Gasteiger partial charge in [0.15, 0.2) is 6.29 Å². The minimum absolute atomic E-state index is 0.0429. The third-order valence-corrected chi connectivity index (χ3v) is 11.5. The Morgan fingerprint density at radius 2 is 1.77 bits per heavy atom. The lowest BCUT2D eigenvalue weighted by Crippen LogP contribution is -2.58.